The molecule has 0 aliphatic carbocycles. The van der Waals surface area contributed by atoms with Crippen molar-refractivity contribution in [3.63, 3.8) is 0 Å². The second-order valence-electron chi connectivity index (χ2n) is 7.64. The van der Waals surface area contributed by atoms with Crippen molar-refractivity contribution in [2.24, 2.45) is 5.92 Å². The zero-order valence-corrected chi connectivity index (χ0v) is 17.5. The van der Waals surface area contributed by atoms with Crippen molar-refractivity contribution in [2.45, 2.75) is 30.6 Å². The summed E-state index contributed by atoms with van der Waals surface area (Å²) in [7, 11) is -3.85. The molecule has 2 aliphatic heterocycles. The van der Waals surface area contributed by atoms with E-state index in [0.29, 0.717) is 32.5 Å². The minimum absolute atomic E-state index is 0.00709. The number of carbonyl (C=O) groups is 1. The van der Waals surface area contributed by atoms with Gasteiger partial charge in [0.1, 0.15) is 10.7 Å². The fourth-order valence-electron chi connectivity index (χ4n) is 3.88. The summed E-state index contributed by atoms with van der Waals surface area (Å²) in [6, 6.07) is 5.47. The maximum atomic E-state index is 14.0. The minimum atomic E-state index is -3.85. The first-order valence-electron chi connectivity index (χ1n) is 10.3. The number of hydrogen-bond donors (Lipinski definition) is 1. The summed E-state index contributed by atoms with van der Waals surface area (Å²) < 4.78 is 46.2. The van der Waals surface area contributed by atoms with E-state index in [0.717, 1.165) is 51.8 Å². The Balaban J connectivity index is 1.43. The molecule has 0 bridgehead atoms. The SMILES string of the molecule is O=C(CC[C@H]1CCCN(S(=O)(=O)c2ccccc2F)C1)NCCN1CCOCC1. The van der Waals surface area contributed by atoms with E-state index in [2.05, 4.69) is 10.2 Å². The van der Waals surface area contributed by atoms with Crippen LogP contribution < -0.4 is 5.32 Å². The van der Waals surface area contributed by atoms with Crippen molar-refractivity contribution in [3.05, 3.63) is 30.1 Å². The van der Waals surface area contributed by atoms with Crippen LogP contribution in [0.3, 0.4) is 0 Å². The number of piperidine rings is 1. The van der Waals surface area contributed by atoms with Crippen molar-refractivity contribution < 1.29 is 22.3 Å². The number of amides is 1. The summed E-state index contributed by atoms with van der Waals surface area (Å²) in [4.78, 5) is 14.1. The molecular formula is C20H30FN3O4S. The van der Waals surface area contributed by atoms with Crippen LogP contribution in [-0.2, 0) is 19.6 Å². The lowest BCUT2D eigenvalue weighted by Gasteiger charge is -2.32. The standard InChI is InChI=1S/C20H30FN3O4S/c21-18-5-1-2-6-19(18)29(26,27)24-10-3-4-17(16-24)7-8-20(25)22-9-11-23-12-14-28-15-13-23/h1-2,5-6,17H,3-4,7-16H2,(H,22,25)/t17-/m1/s1. The highest BCUT2D eigenvalue weighted by molar-refractivity contribution is 7.89. The molecule has 1 atom stereocenters. The molecular weight excluding hydrogens is 397 g/mol. The molecule has 9 heteroatoms. The number of morpholine rings is 1. The average Bonchev–Trinajstić information content (AvgIpc) is 2.73. The molecule has 3 rings (SSSR count). The second kappa shape index (κ2) is 10.5. The Kier molecular flexibility index (Phi) is 7.99. The number of rotatable bonds is 8. The molecule has 0 radical (unpaired) electrons. The zero-order chi connectivity index (χ0) is 20.7. The Morgan fingerprint density at radius 1 is 1.21 bits per heavy atom. The molecule has 0 aromatic heterocycles. The van der Waals surface area contributed by atoms with Gasteiger partial charge in [-0.25, -0.2) is 12.8 Å². The monoisotopic (exact) mass is 427 g/mol. The number of hydrogen-bond acceptors (Lipinski definition) is 5. The Morgan fingerprint density at radius 3 is 2.72 bits per heavy atom. The molecule has 2 saturated heterocycles. The van der Waals surface area contributed by atoms with Crippen molar-refractivity contribution in [3.8, 4) is 0 Å². The molecule has 0 unspecified atom stereocenters. The molecule has 1 amide bonds. The first-order chi connectivity index (χ1) is 14.0. The third kappa shape index (κ3) is 6.21. The van der Waals surface area contributed by atoms with E-state index in [1.165, 1.54) is 22.5 Å². The molecule has 0 saturated carbocycles. The number of sulfonamides is 1. The van der Waals surface area contributed by atoms with Crippen LogP contribution in [0.1, 0.15) is 25.7 Å². The lowest BCUT2D eigenvalue weighted by Crippen LogP contribution is -2.42. The Bertz CT molecular complexity index is 784. The van der Waals surface area contributed by atoms with Crippen molar-refractivity contribution in [1.29, 1.82) is 0 Å². The van der Waals surface area contributed by atoms with E-state index in [9.17, 15) is 17.6 Å². The van der Waals surface area contributed by atoms with Crippen molar-refractivity contribution in [1.82, 2.24) is 14.5 Å². The molecule has 2 aliphatic rings. The lowest BCUT2D eigenvalue weighted by atomic mass is 9.94. The fraction of sp³-hybridized carbons (Fsp3) is 0.650. The summed E-state index contributed by atoms with van der Waals surface area (Å²) in [6.07, 6.45) is 2.61. The van der Waals surface area contributed by atoms with Crippen LogP contribution in [0.5, 0.6) is 0 Å². The van der Waals surface area contributed by atoms with Crippen molar-refractivity contribution in [2.75, 3.05) is 52.5 Å². The molecule has 1 aromatic rings. The third-order valence-electron chi connectivity index (χ3n) is 5.57. The smallest absolute Gasteiger partial charge is 0.245 e. The maximum Gasteiger partial charge on any atom is 0.245 e. The van der Waals surface area contributed by atoms with E-state index in [4.69, 9.17) is 4.74 Å². The number of benzene rings is 1. The first-order valence-corrected chi connectivity index (χ1v) is 11.7. The van der Waals surface area contributed by atoms with Gasteiger partial charge >= 0.3 is 0 Å². The summed E-state index contributed by atoms with van der Waals surface area (Å²) >= 11 is 0. The number of nitrogens with one attached hydrogen (secondary N) is 1. The van der Waals surface area contributed by atoms with Crippen LogP contribution in [0.25, 0.3) is 0 Å². The van der Waals surface area contributed by atoms with E-state index >= 15 is 0 Å². The van der Waals surface area contributed by atoms with E-state index in [1.807, 2.05) is 0 Å². The van der Waals surface area contributed by atoms with E-state index in [-0.39, 0.29) is 16.7 Å². The van der Waals surface area contributed by atoms with Gasteiger partial charge in [0.25, 0.3) is 0 Å². The Morgan fingerprint density at radius 2 is 1.97 bits per heavy atom. The van der Waals surface area contributed by atoms with Gasteiger partial charge < -0.3 is 10.1 Å². The molecule has 2 heterocycles. The summed E-state index contributed by atoms with van der Waals surface area (Å²) in [5.74, 6) is -0.628. The molecule has 2 fully saturated rings. The van der Waals surface area contributed by atoms with Gasteiger partial charge in [-0.15, -0.1) is 0 Å². The Hall–Kier alpha value is -1.55. The van der Waals surface area contributed by atoms with Gasteiger partial charge in [0.2, 0.25) is 15.9 Å². The minimum Gasteiger partial charge on any atom is -0.379 e. The predicted octanol–water partition coefficient (Wildman–Crippen LogP) is 1.46. The molecule has 7 nitrogen and oxygen atoms in total. The summed E-state index contributed by atoms with van der Waals surface area (Å²) in [5, 5.41) is 2.94. The van der Waals surface area contributed by atoms with Crippen LogP contribution >= 0.6 is 0 Å². The number of carbonyl (C=O) groups excluding carboxylic acids is 1. The van der Waals surface area contributed by atoms with Crippen LogP contribution in [0.4, 0.5) is 4.39 Å². The van der Waals surface area contributed by atoms with Crippen LogP contribution in [0.15, 0.2) is 29.2 Å². The predicted molar refractivity (Wildman–Crippen MR) is 107 cm³/mol. The maximum absolute atomic E-state index is 14.0. The van der Waals surface area contributed by atoms with Gasteiger partial charge in [-0.2, -0.15) is 4.31 Å². The van der Waals surface area contributed by atoms with Crippen LogP contribution in [0, 0.1) is 11.7 Å². The molecule has 162 valence electrons. The van der Waals surface area contributed by atoms with Gasteiger partial charge in [0.05, 0.1) is 13.2 Å². The number of nitrogens with zero attached hydrogens (tertiary/aromatic N) is 2. The fourth-order valence-corrected chi connectivity index (χ4v) is 5.50. The molecule has 1 aromatic carbocycles. The summed E-state index contributed by atoms with van der Waals surface area (Å²) in [6.45, 7) is 5.40. The van der Waals surface area contributed by atoms with E-state index < -0.39 is 15.8 Å². The number of ether oxygens (including phenoxy) is 1. The normalized spacial score (nSPS) is 21.8. The molecule has 29 heavy (non-hydrogen) atoms. The van der Waals surface area contributed by atoms with E-state index in [1.54, 1.807) is 0 Å². The van der Waals surface area contributed by atoms with Crippen LogP contribution in [0.2, 0.25) is 0 Å². The average molecular weight is 428 g/mol. The molecule has 1 N–H and O–H groups in total. The largest absolute Gasteiger partial charge is 0.379 e. The van der Waals surface area contributed by atoms with Gasteiger partial charge in [-0.3, -0.25) is 9.69 Å². The van der Waals surface area contributed by atoms with Gasteiger partial charge in [0, 0.05) is 45.7 Å². The topological polar surface area (TPSA) is 79.0 Å². The number of halogens is 1. The van der Waals surface area contributed by atoms with Crippen LogP contribution in [-0.4, -0.2) is 76.0 Å². The third-order valence-corrected chi connectivity index (χ3v) is 7.47. The highest BCUT2D eigenvalue weighted by Gasteiger charge is 2.32. The Labute approximate surface area is 172 Å². The quantitative estimate of drug-likeness (QED) is 0.680. The van der Waals surface area contributed by atoms with Gasteiger partial charge in [0.15, 0.2) is 0 Å². The second-order valence-corrected chi connectivity index (χ2v) is 9.55. The highest BCUT2D eigenvalue weighted by atomic mass is 32.2. The highest BCUT2D eigenvalue weighted by Crippen LogP contribution is 2.27. The molecule has 0 spiro atoms. The van der Waals surface area contributed by atoms with Gasteiger partial charge in [-0.05, 0) is 37.3 Å². The first kappa shape index (κ1) is 22.1. The lowest BCUT2D eigenvalue weighted by molar-refractivity contribution is -0.121. The van der Waals surface area contributed by atoms with Crippen molar-refractivity contribution >= 4 is 15.9 Å². The summed E-state index contributed by atoms with van der Waals surface area (Å²) in [5.41, 5.74) is 0. The zero-order valence-electron chi connectivity index (χ0n) is 16.7. The van der Waals surface area contributed by atoms with Gasteiger partial charge in [-0.1, -0.05) is 12.1 Å².